The van der Waals surface area contributed by atoms with E-state index in [1.54, 1.807) is 6.92 Å². The second kappa shape index (κ2) is 5.50. The van der Waals surface area contributed by atoms with Crippen LogP contribution in [0.15, 0.2) is 4.42 Å². The third-order valence-electron chi connectivity index (χ3n) is 1.17. The average Bonchev–Trinajstić information content (AvgIpc) is 2.52. The van der Waals surface area contributed by atoms with E-state index in [4.69, 9.17) is 10.2 Å². The lowest BCUT2D eigenvalue weighted by Crippen LogP contribution is -2.22. The van der Waals surface area contributed by atoms with E-state index in [1.165, 1.54) is 0 Å². The zero-order chi connectivity index (χ0) is 8.97. The Kier molecular flexibility index (Phi) is 5.01. The zero-order valence-electron chi connectivity index (χ0n) is 7.11. The number of hydrogen-bond donors (Lipinski definition) is 2. The maximum Gasteiger partial charge on any atom is 0.308 e. The molecule has 0 atom stereocenters. The lowest BCUT2D eigenvalue weighted by atomic mass is 10.6. The number of aromatic nitrogens is 2. The minimum absolute atomic E-state index is 0. The number of carbonyl (C=O) groups is 1. The van der Waals surface area contributed by atoms with E-state index in [2.05, 4.69) is 15.5 Å². The maximum atomic E-state index is 11.0. The van der Waals surface area contributed by atoms with Gasteiger partial charge in [-0.1, -0.05) is 0 Å². The van der Waals surface area contributed by atoms with Gasteiger partial charge in [0.2, 0.25) is 5.89 Å². The normalized spacial score (nSPS) is 9.08. The SMILES string of the molecule is CCNC(=O)c1nnc(CN)o1.Cl. The van der Waals surface area contributed by atoms with Crippen molar-refractivity contribution in [2.75, 3.05) is 6.54 Å². The molecule has 1 heterocycles. The second-order valence-corrected chi connectivity index (χ2v) is 2.06. The standard InChI is InChI=1S/C6H10N4O2.ClH/c1-2-8-5(11)6-10-9-4(3-7)12-6;/h2-3,7H2,1H3,(H,8,11);1H. The van der Waals surface area contributed by atoms with Crippen LogP contribution in [0.2, 0.25) is 0 Å². The minimum Gasteiger partial charge on any atom is -0.416 e. The van der Waals surface area contributed by atoms with Crippen molar-refractivity contribution in [1.29, 1.82) is 0 Å². The average molecular weight is 207 g/mol. The molecule has 0 spiro atoms. The van der Waals surface area contributed by atoms with Crippen LogP contribution in [-0.2, 0) is 6.54 Å². The molecular weight excluding hydrogens is 196 g/mol. The molecule has 3 N–H and O–H groups in total. The largest absolute Gasteiger partial charge is 0.416 e. The summed E-state index contributed by atoms with van der Waals surface area (Å²) in [6, 6.07) is 0. The van der Waals surface area contributed by atoms with E-state index in [0.717, 1.165) is 0 Å². The van der Waals surface area contributed by atoms with E-state index in [9.17, 15) is 4.79 Å². The minimum atomic E-state index is -0.371. The summed E-state index contributed by atoms with van der Waals surface area (Å²) in [4.78, 5) is 11.0. The molecule has 0 saturated heterocycles. The van der Waals surface area contributed by atoms with Crippen LogP contribution in [-0.4, -0.2) is 22.6 Å². The van der Waals surface area contributed by atoms with E-state index < -0.39 is 0 Å². The first kappa shape index (κ1) is 11.9. The molecule has 0 aliphatic heterocycles. The Labute approximate surface area is 81.3 Å². The van der Waals surface area contributed by atoms with Crippen LogP contribution < -0.4 is 11.1 Å². The Morgan fingerprint density at radius 3 is 2.77 bits per heavy atom. The van der Waals surface area contributed by atoms with Gasteiger partial charge in [0.25, 0.3) is 0 Å². The zero-order valence-corrected chi connectivity index (χ0v) is 7.93. The van der Waals surface area contributed by atoms with Gasteiger partial charge in [-0.2, -0.15) is 0 Å². The summed E-state index contributed by atoms with van der Waals surface area (Å²) in [5.74, 6) is -0.154. The molecule has 0 aromatic carbocycles. The quantitative estimate of drug-likeness (QED) is 0.708. The van der Waals surface area contributed by atoms with Crippen molar-refractivity contribution in [3.8, 4) is 0 Å². The molecule has 1 rings (SSSR count). The fourth-order valence-corrected chi connectivity index (χ4v) is 0.664. The topological polar surface area (TPSA) is 94.0 Å². The molecule has 0 radical (unpaired) electrons. The predicted molar refractivity (Wildman–Crippen MR) is 47.4 cm³/mol. The lowest BCUT2D eigenvalue weighted by Gasteiger charge is -1.93. The van der Waals surface area contributed by atoms with Gasteiger partial charge in [0, 0.05) is 6.54 Å². The number of halogens is 1. The molecule has 0 bridgehead atoms. The summed E-state index contributed by atoms with van der Waals surface area (Å²) < 4.78 is 4.89. The Bertz CT molecular complexity index is 275. The van der Waals surface area contributed by atoms with Crippen molar-refractivity contribution in [1.82, 2.24) is 15.5 Å². The third kappa shape index (κ3) is 3.00. The molecule has 0 aliphatic rings. The molecule has 13 heavy (non-hydrogen) atoms. The number of rotatable bonds is 3. The summed E-state index contributed by atoms with van der Waals surface area (Å²) in [5.41, 5.74) is 5.21. The molecule has 7 heteroatoms. The van der Waals surface area contributed by atoms with Crippen LogP contribution in [0, 0.1) is 0 Å². The fraction of sp³-hybridized carbons (Fsp3) is 0.500. The second-order valence-electron chi connectivity index (χ2n) is 2.06. The van der Waals surface area contributed by atoms with Crippen molar-refractivity contribution in [3.63, 3.8) is 0 Å². The molecule has 1 aromatic heterocycles. The van der Waals surface area contributed by atoms with Crippen molar-refractivity contribution in [2.45, 2.75) is 13.5 Å². The van der Waals surface area contributed by atoms with Crippen LogP contribution in [0.25, 0.3) is 0 Å². The molecule has 1 aromatic rings. The monoisotopic (exact) mass is 206 g/mol. The first-order chi connectivity index (χ1) is 5.77. The van der Waals surface area contributed by atoms with Gasteiger partial charge in [0.1, 0.15) is 0 Å². The van der Waals surface area contributed by atoms with Gasteiger partial charge in [-0.25, -0.2) is 0 Å². The van der Waals surface area contributed by atoms with Crippen LogP contribution in [0.3, 0.4) is 0 Å². The molecule has 6 nitrogen and oxygen atoms in total. The summed E-state index contributed by atoms with van der Waals surface area (Å²) in [7, 11) is 0. The van der Waals surface area contributed by atoms with Crippen molar-refractivity contribution >= 4 is 18.3 Å². The first-order valence-electron chi connectivity index (χ1n) is 3.58. The van der Waals surface area contributed by atoms with Gasteiger partial charge in [0.15, 0.2) is 0 Å². The highest BCUT2D eigenvalue weighted by molar-refractivity contribution is 5.89. The number of carbonyl (C=O) groups excluding carboxylic acids is 1. The number of nitrogens with one attached hydrogen (secondary N) is 1. The van der Waals surface area contributed by atoms with E-state index in [1.807, 2.05) is 0 Å². The lowest BCUT2D eigenvalue weighted by molar-refractivity contribution is 0.0919. The number of amides is 1. The number of hydrogen-bond acceptors (Lipinski definition) is 5. The van der Waals surface area contributed by atoms with Crippen LogP contribution in [0.1, 0.15) is 23.5 Å². The Hall–Kier alpha value is -1.14. The fourth-order valence-electron chi connectivity index (χ4n) is 0.664. The molecular formula is C6H11ClN4O2. The van der Waals surface area contributed by atoms with E-state index >= 15 is 0 Å². The molecule has 0 aliphatic carbocycles. The molecule has 0 saturated carbocycles. The molecule has 1 amide bonds. The summed E-state index contributed by atoms with van der Waals surface area (Å²) in [5, 5.41) is 9.56. The van der Waals surface area contributed by atoms with Crippen LogP contribution in [0.4, 0.5) is 0 Å². The highest BCUT2D eigenvalue weighted by Gasteiger charge is 2.12. The summed E-state index contributed by atoms with van der Waals surface area (Å²) >= 11 is 0. The van der Waals surface area contributed by atoms with Gasteiger partial charge in [-0.3, -0.25) is 4.79 Å². The van der Waals surface area contributed by atoms with E-state index in [-0.39, 0.29) is 36.6 Å². The van der Waals surface area contributed by atoms with Crippen molar-refractivity contribution in [3.05, 3.63) is 11.8 Å². The third-order valence-corrected chi connectivity index (χ3v) is 1.17. The molecule has 0 fully saturated rings. The van der Waals surface area contributed by atoms with Crippen LogP contribution >= 0.6 is 12.4 Å². The van der Waals surface area contributed by atoms with Gasteiger partial charge >= 0.3 is 11.8 Å². The highest BCUT2D eigenvalue weighted by Crippen LogP contribution is 1.97. The van der Waals surface area contributed by atoms with Gasteiger partial charge in [0.05, 0.1) is 6.54 Å². The summed E-state index contributed by atoms with van der Waals surface area (Å²) in [6.45, 7) is 2.48. The number of nitrogens with zero attached hydrogens (tertiary/aromatic N) is 2. The summed E-state index contributed by atoms with van der Waals surface area (Å²) in [6.07, 6.45) is 0. The molecule has 0 unspecified atom stereocenters. The van der Waals surface area contributed by atoms with Gasteiger partial charge < -0.3 is 15.5 Å². The smallest absolute Gasteiger partial charge is 0.308 e. The van der Waals surface area contributed by atoms with Gasteiger partial charge in [-0.15, -0.1) is 22.6 Å². The number of nitrogens with two attached hydrogens (primary N) is 1. The predicted octanol–water partition coefficient (Wildman–Crippen LogP) is -0.300. The van der Waals surface area contributed by atoms with Crippen LogP contribution in [0.5, 0.6) is 0 Å². The van der Waals surface area contributed by atoms with Crippen molar-refractivity contribution in [2.24, 2.45) is 5.73 Å². The Morgan fingerprint density at radius 2 is 2.31 bits per heavy atom. The van der Waals surface area contributed by atoms with E-state index in [0.29, 0.717) is 6.54 Å². The first-order valence-corrected chi connectivity index (χ1v) is 3.58. The molecule has 74 valence electrons. The van der Waals surface area contributed by atoms with Gasteiger partial charge in [-0.05, 0) is 6.92 Å². The Morgan fingerprint density at radius 1 is 1.62 bits per heavy atom. The maximum absolute atomic E-state index is 11.0. The highest BCUT2D eigenvalue weighted by atomic mass is 35.5. The van der Waals surface area contributed by atoms with Crippen molar-refractivity contribution < 1.29 is 9.21 Å². The Balaban J connectivity index is 0.00000144.